The number of anilines is 1. The van der Waals surface area contributed by atoms with E-state index in [2.05, 4.69) is 10.5 Å². The number of fused-ring (bicyclic) bond motifs is 1. The SMILES string of the molecule is CCOP(=O)(CCCN(c1cc2oc(-c3ccc(F)cc3)c(C3=NOCCN3)c2cc1C1CC1)S(C)(=O)=O)OCC. The van der Waals surface area contributed by atoms with Crippen LogP contribution in [0.4, 0.5) is 10.1 Å². The first-order valence-corrected chi connectivity index (χ1v) is 17.4. The summed E-state index contributed by atoms with van der Waals surface area (Å²) < 4.78 is 71.5. The molecule has 1 aliphatic carbocycles. The average molecular weight is 608 g/mol. The fraction of sp³-hybridized carbons (Fsp3) is 0.464. The van der Waals surface area contributed by atoms with Crippen molar-refractivity contribution in [3.8, 4) is 11.3 Å². The summed E-state index contributed by atoms with van der Waals surface area (Å²) in [5.74, 6) is 0.775. The fourth-order valence-electron chi connectivity index (χ4n) is 5.05. The van der Waals surface area contributed by atoms with E-state index in [4.69, 9.17) is 18.3 Å². The van der Waals surface area contributed by atoms with Gasteiger partial charge in [-0.2, -0.15) is 0 Å². The molecule has 0 radical (unpaired) electrons. The number of nitrogens with zero attached hydrogens (tertiary/aromatic N) is 2. The molecule has 1 saturated carbocycles. The zero-order valence-electron chi connectivity index (χ0n) is 23.4. The molecule has 2 aromatic carbocycles. The maximum Gasteiger partial charge on any atom is 0.330 e. The van der Waals surface area contributed by atoms with Crippen molar-refractivity contribution in [2.75, 3.05) is 49.6 Å². The summed E-state index contributed by atoms with van der Waals surface area (Å²) in [5, 5.41) is 8.23. The maximum atomic E-state index is 13.7. The second-order valence-corrected chi connectivity index (χ2v) is 14.1. The molecular formula is C28H35FN3O7PS. The van der Waals surface area contributed by atoms with Crippen LogP contribution in [0.2, 0.25) is 0 Å². The molecule has 0 amide bonds. The molecule has 0 unspecified atom stereocenters. The van der Waals surface area contributed by atoms with Gasteiger partial charge in [-0.3, -0.25) is 8.87 Å². The van der Waals surface area contributed by atoms with Crippen molar-refractivity contribution in [3.63, 3.8) is 0 Å². The van der Waals surface area contributed by atoms with E-state index in [9.17, 15) is 17.4 Å². The molecule has 1 aliphatic heterocycles. The molecule has 0 saturated heterocycles. The van der Waals surface area contributed by atoms with E-state index < -0.39 is 17.6 Å². The number of benzene rings is 2. The zero-order valence-corrected chi connectivity index (χ0v) is 25.1. The second kappa shape index (κ2) is 12.1. The lowest BCUT2D eigenvalue weighted by Crippen LogP contribution is -2.32. The van der Waals surface area contributed by atoms with Crippen LogP contribution in [0.3, 0.4) is 0 Å². The molecule has 222 valence electrons. The number of oxime groups is 1. The Morgan fingerprint density at radius 2 is 1.85 bits per heavy atom. The summed E-state index contributed by atoms with van der Waals surface area (Å²) in [6.07, 6.45) is 3.39. The number of rotatable bonds is 13. The largest absolute Gasteiger partial charge is 0.455 e. The first-order chi connectivity index (χ1) is 19.6. The summed E-state index contributed by atoms with van der Waals surface area (Å²) in [6, 6.07) is 9.68. The Morgan fingerprint density at radius 3 is 2.44 bits per heavy atom. The third-order valence-corrected chi connectivity index (χ3v) is 10.3. The zero-order chi connectivity index (χ0) is 29.2. The van der Waals surface area contributed by atoms with Crippen LogP contribution in [0.1, 0.15) is 50.2 Å². The number of halogens is 1. The number of furan rings is 1. The first-order valence-electron chi connectivity index (χ1n) is 13.8. The Kier molecular flexibility index (Phi) is 8.75. The number of nitrogens with one attached hydrogen (secondary N) is 1. The van der Waals surface area contributed by atoms with Gasteiger partial charge in [0.25, 0.3) is 0 Å². The monoisotopic (exact) mass is 607 g/mol. The van der Waals surface area contributed by atoms with Gasteiger partial charge in [0.05, 0.1) is 43.4 Å². The first kappa shape index (κ1) is 29.6. The number of amidine groups is 1. The van der Waals surface area contributed by atoms with Crippen LogP contribution < -0.4 is 9.62 Å². The predicted octanol–water partition coefficient (Wildman–Crippen LogP) is 5.82. The Bertz CT molecular complexity index is 1580. The normalized spacial score (nSPS) is 15.9. The summed E-state index contributed by atoms with van der Waals surface area (Å²) in [6.45, 7) is 5.02. The Balaban J connectivity index is 1.60. The van der Waals surface area contributed by atoms with Gasteiger partial charge >= 0.3 is 7.60 Å². The Hall–Kier alpha value is -2.92. The molecular weight excluding hydrogens is 572 g/mol. The topological polar surface area (TPSA) is 120 Å². The van der Waals surface area contributed by atoms with Crippen molar-refractivity contribution in [1.82, 2.24) is 5.32 Å². The van der Waals surface area contributed by atoms with Gasteiger partial charge in [0, 0.05) is 23.6 Å². The Labute approximate surface area is 239 Å². The van der Waals surface area contributed by atoms with Crippen LogP contribution in [0, 0.1) is 5.82 Å². The van der Waals surface area contributed by atoms with Gasteiger partial charge in [-0.25, -0.2) is 12.8 Å². The van der Waals surface area contributed by atoms with Gasteiger partial charge in [-0.1, -0.05) is 5.16 Å². The molecule has 3 aromatic rings. The number of hydrogen-bond donors (Lipinski definition) is 1. The van der Waals surface area contributed by atoms with Crippen molar-refractivity contribution in [1.29, 1.82) is 0 Å². The minimum Gasteiger partial charge on any atom is -0.455 e. The number of sulfonamides is 1. The van der Waals surface area contributed by atoms with Crippen LogP contribution in [0.5, 0.6) is 0 Å². The average Bonchev–Trinajstić information content (AvgIpc) is 3.71. The van der Waals surface area contributed by atoms with Gasteiger partial charge in [0.15, 0.2) is 5.84 Å². The lowest BCUT2D eigenvalue weighted by Gasteiger charge is -2.26. The van der Waals surface area contributed by atoms with Crippen LogP contribution in [0.25, 0.3) is 22.3 Å². The molecule has 0 bridgehead atoms. The standard InChI is InChI=1S/C28H35FN3O7PS/c1-4-37-40(33,38-5-2)16-6-14-32(41(3,34)35)24-18-25-23(17-22(24)19-7-8-19)26(28-30-13-15-36-31-28)27(39-25)20-9-11-21(29)12-10-20/h9-12,17-19H,4-8,13-16H2,1-3H3,(H,30,31). The van der Waals surface area contributed by atoms with Gasteiger partial charge in [-0.15, -0.1) is 0 Å². The third kappa shape index (κ3) is 6.61. The molecule has 1 aromatic heterocycles. The van der Waals surface area contributed by atoms with Gasteiger partial charge in [0.2, 0.25) is 10.0 Å². The lowest BCUT2D eigenvalue weighted by molar-refractivity contribution is 0.136. The van der Waals surface area contributed by atoms with E-state index in [1.165, 1.54) is 16.4 Å². The van der Waals surface area contributed by atoms with Crippen molar-refractivity contribution >= 4 is 40.1 Å². The molecule has 1 N–H and O–H groups in total. The molecule has 41 heavy (non-hydrogen) atoms. The molecule has 10 nitrogen and oxygen atoms in total. The maximum absolute atomic E-state index is 13.7. The van der Waals surface area contributed by atoms with Crippen molar-refractivity contribution < 1.29 is 35.7 Å². The molecule has 5 rings (SSSR count). The quantitative estimate of drug-likeness (QED) is 0.242. The molecule has 0 atom stereocenters. The van der Waals surface area contributed by atoms with E-state index in [-0.39, 0.29) is 44.1 Å². The Morgan fingerprint density at radius 1 is 1.15 bits per heavy atom. The smallest absolute Gasteiger partial charge is 0.330 e. The lowest BCUT2D eigenvalue weighted by atomic mass is 10.00. The molecule has 2 heterocycles. The summed E-state index contributed by atoms with van der Waals surface area (Å²) in [4.78, 5) is 5.36. The minimum atomic E-state index is -3.72. The van der Waals surface area contributed by atoms with E-state index in [0.29, 0.717) is 47.1 Å². The highest BCUT2D eigenvalue weighted by Crippen LogP contribution is 2.50. The van der Waals surface area contributed by atoms with E-state index in [0.717, 1.165) is 30.0 Å². The van der Waals surface area contributed by atoms with E-state index >= 15 is 0 Å². The highest BCUT2D eigenvalue weighted by atomic mass is 32.2. The van der Waals surface area contributed by atoms with Gasteiger partial charge < -0.3 is 23.6 Å². The molecule has 2 aliphatic rings. The molecule has 0 spiro atoms. The van der Waals surface area contributed by atoms with E-state index in [1.54, 1.807) is 32.0 Å². The molecule has 1 fully saturated rings. The number of hydrogen-bond acceptors (Lipinski definition) is 9. The highest BCUT2D eigenvalue weighted by Gasteiger charge is 2.34. The van der Waals surface area contributed by atoms with Crippen molar-refractivity contribution in [2.45, 2.75) is 39.0 Å². The van der Waals surface area contributed by atoms with Gasteiger partial charge in [-0.05, 0) is 74.9 Å². The summed E-state index contributed by atoms with van der Waals surface area (Å²) >= 11 is 0. The van der Waals surface area contributed by atoms with Crippen LogP contribution in [-0.4, -0.2) is 59.6 Å². The van der Waals surface area contributed by atoms with Crippen LogP contribution in [0.15, 0.2) is 46.0 Å². The second-order valence-electron chi connectivity index (χ2n) is 10.1. The van der Waals surface area contributed by atoms with Crippen molar-refractivity contribution in [3.05, 3.63) is 53.3 Å². The highest BCUT2D eigenvalue weighted by molar-refractivity contribution is 7.92. The van der Waals surface area contributed by atoms with E-state index in [1.807, 2.05) is 6.07 Å². The third-order valence-electron chi connectivity index (χ3n) is 6.95. The summed E-state index contributed by atoms with van der Waals surface area (Å²) in [7, 11) is -7.05. The van der Waals surface area contributed by atoms with Crippen molar-refractivity contribution in [2.24, 2.45) is 5.16 Å². The predicted molar refractivity (Wildman–Crippen MR) is 157 cm³/mol. The fourth-order valence-corrected chi connectivity index (χ4v) is 7.67. The van der Waals surface area contributed by atoms with Gasteiger partial charge in [0.1, 0.15) is 23.8 Å². The molecule has 13 heteroatoms. The van der Waals surface area contributed by atoms with Crippen LogP contribution in [-0.2, 0) is 28.5 Å². The minimum absolute atomic E-state index is 0.0901. The summed E-state index contributed by atoms with van der Waals surface area (Å²) in [5.41, 5.74) is 3.17. The van der Waals surface area contributed by atoms with Crippen LogP contribution >= 0.6 is 7.60 Å².